The number of ether oxygens (including phenoxy) is 2. The summed E-state index contributed by atoms with van der Waals surface area (Å²) in [5.74, 6) is -0.0195. The van der Waals surface area contributed by atoms with Gasteiger partial charge < -0.3 is 19.5 Å². The van der Waals surface area contributed by atoms with Crippen molar-refractivity contribution in [2.24, 2.45) is 0 Å². The first-order valence-electron chi connectivity index (χ1n) is 9.38. The van der Waals surface area contributed by atoms with E-state index in [1.54, 1.807) is 19.2 Å². The third-order valence-corrected chi connectivity index (χ3v) is 4.77. The summed E-state index contributed by atoms with van der Waals surface area (Å²) in [4.78, 5) is 14.2. The van der Waals surface area contributed by atoms with Crippen molar-refractivity contribution in [1.82, 2.24) is 4.90 Å². The number of aliphatic carboxylic acids is 1. The molecule has 0 saturated heterocycles. The van der Waals surface area contributed by atoms with Crippen molar-refractivity contribution in [2.45, 2.75) is 26.2 Å². The summed E-state index contributed by atoms with van der Waals surface area (Å²) in [6.07, 6.45) is 0.378. The fourth-order valence-electron chi connectivity index (χ4n) is 3.04. The van der Waals surface area contributed by atoms with Crippen LogP contribution in [0.1, 0.15) is 30.9 Å². The lowest BCUT2D eigenvalue weighted by Gasteiger charge is -2.20. The number of carboxylic acid groups (broad SMARTS) is 1. The van der Waals surface area contributed by atoms with Crippen LogP contribution in [0, 0.1) is 0 Å². The number of benzene rings is 2. The smallest absolute Gasteiger partial charge is 0.311 e. The molecular formula is C22H29NO4. The molecule has 146 valence electrons. The highest BCUT2D eigenvalue weighted by Gasteiger charge is 2.22. The van der Waals surface area contributed by atoms with E-state index in [4.69, 9.17) is 9.47 Å². The molecule has 0 aliphatic carbocycles. The van der Waals surface area contributed by atoms with E-state index in [0.29, 0.717) is 18.8 Å². The highest BCUT2D eigenvalue weighted by molar-refractivity contribution is 5.76. The maximum absolute atomic E-state index is 11.9. The van der Waals surface area contributed by atoms with Crippen LogP contribution in [0.5, 0.6) is 11.5 Å². The van der Waals surface area contributed by atoms with Gasteiger partial charge in [-0.25, -0.2) is 0 Å². The van der Waals surface area contributed by atoms with Crippen LogP contribution in [0.4, 0.5) is 0 Å². The van der Waals surface area contributed by atoms with Gasteiger partial charge in [-0.1, -0.05) is 44.2 Å². The summed E-state index contributed by atoms with van der Waals surface area (Å²) in [5.41, 5.74) is 1.65. The monoisotopic (exact) mass is 371 g/mol. The second-order valence-corrected chi connectivity index (χ2v) is 6.35. The maximum Gasteiger partial charge on any atom is 0.311 e. The van der Waals surface area contributed by atoms with Crippen LogP contribution < -0.4 is 9.47 Å². The van der Waals surface area contributed by atoms with E-state index in [0.717, 1.165) is 36.5 Å². The van der Waals surface area contributed by atoms with Crippen molar-refractivity contribution < 1.29 is 19.4 Å². The quantitative estimate of drug-likeness (QED) is 0.651. The molecule has 27 heavy (non-hydrogen) atoms. The lowest BCUT2D eigenvalue weighted by molar-refractivity contribution is -0.138. The fourth-order valence-corrected chi connectivity index (χ4v) is 3.04. The predicted molar refractivity (Wildman–Crippen MR) is 107 cm³/mol. The summed E-state index contributed by atoms with van der Waals surface area (Å²) in [6.45, 7) is 7.66. The van der Waals surface area contributed by atoms with E-state index >= 15 is 0 Å². The van der Waals surface area contributed by atoms with Gasteiger partial charge in [-0.15, -0.1) is 0 Å². The third-order valence-electron chi connectivity index (χ3n) is 4.77. The zero-order valence-corrected chi connectivity index (χ0v) is 16.4. The Morgan fingerprint density at radius 2 is 1.74 bits per heavy atom. The second-order valence-electron chi connectivity index (χ2n) is 6.35. The van der Waals surface area contributed by atoms with E-state index in [2.05, 4.69) is 18.7 Å². The Morgan fingerprint density at radius 3 is 2.33 bits per heavy atom. The molecule has 0 aliphatic heterocycles. The van der Waals surface area contributed by atoms with Crippen molar-refractivity contribution in [3.05, 3.63) is 59.7 Å². The molecular weight excluding hydrogens is 342 g/mol. The van der Waals surface area contributed by atoms with Gasteiger partial charge >= 0.3 is 5.97 Å². The second kappa shape index (κ2) is 10.6. The molecule has 0 heterocycles. The molecule has 0 spiro atoms. The molecule has 1 atom stereocenters. The van der Waals surface area contributed by atoms with E-state index in [-0.39, 0.29) is 0 Å². The van der Waals surface area contributed by atoms with Crippen LogP contribution >= 0.6 is 0 Å². The van der Waals surface area contributed by atoms with Gasteiger partial charge in [0.15, 0.2) is 0 Å². The van der Waals surface area contributed by atoms with Gasteiger partial charge in [-0.3, -0.25) is 4.79 Å². The van der Waals surface area contributed by atoms with Gasteiger partial charge in [0.2, 0.25) is 0 Å². The molecule has 0 radical (unpaired) electrons. The minimum Gasteiger partial charge on any atom is -0.497 e. The average molecular weight is 371 g/mol. The number of hydrogen-bond donors (Lipinski definition) is 1. The molecule has 1 unspecified atom stereocenters. The molecule has 0 aliphatic rings. The van der Waals surface area contributed by atoms with Gasteiger partial charge in [-0.05, 0) is 48.8 Å². The topological polar surface area (TPSA) is 59.0 Å². The molecule has 5 heteroatoms. The van der Waals surface area contributed by atoms with Crippen molar-refractivity contribution in [3.8, 4) is 11.5 Å². The number of para-hydroxylation sites is 1. The van der Waals surface area contributed by atoms with Gasteiger partial charge in [0.1, 0.15) is 18.1 Å². The van der Waals surface area contributed by atoms with E-state index in [9.17, 15) is 9.90 Å². The van der Waals surface area contributed by atoms with Crippen molar-refractivity contribution in [3.63, 3.8) is 0 Å². The molecule has 0 amide bonds. The van der Waals surface area contributed by atoms with Gasteiger partial charge in [0, 0.05) is 6.54 Å². The Balaban J connectivity index is 2.12. The number of carboxylic acids is 1. The van der Waals surface area contributed by atoms with Crippen LogP contribution in [0.3, 0.4) is 0 Å². The molecule has 0 fully saturated rings. The summed E-state index contributed by atoms with van der Waals surface area (Å²) in [6, 6.07) is 14.9. The van der Waals surface area contributed by atoms with Crippen LogP contribution in [-0.2, 0) is 11.2 Å². The molecule has 5 nitrogen and oxygen atoms in total. The normalized spacial score (nSPS) is 12.0. The van der Waals surface area contributed by atoms with Gasteiger partial charge in [-0.2, -0.15) is 0 Å². The number of nitrogens with zero attached hydrogens (tertiary/aromatic N) is 1. The zero-order valence-electron chi connectivity index (χ0n) is 16.4. The van der Waals surface area contributed by atoms with Crippen molar-refractivity contribution in [2.75, 3.05) is 33.4 Å². The minimum atomic E-state index is -0.849. The molecule has 1 N–H and O–H groups in total. The van der Waals surface area contributed by atoms with Crippen LogP contribution in [0.15, 0.2) is 48.5 Å². The first kappa shape index (κ1) is 20.8. The largest absolute Gasteiger partial charge is 0.497 e. The number of likely N-dealkylation sites (N-methyl/N-ethyl adjacent to an activating group) is 1. The van der Waals surface area contributed by atoms with Crippen LogP contribution in [0.25, 0.3) is 0 Å². The predicted octanol–water partition coefficient (Wildman–Crippen LogP) is 3.83. The molecule has 0 aromatic heterocycles. The molecule has 0 bridgehead atoms. The molecule has 0 saturated carbocycles. The highest BCUT2D eigenvalue weighted by atomic mass is 16.5. The maximum atomic E-state index is 11.9. The number of rotatable bonds is 11. The first-order chi connectivity index (χ1) is 13.1. The lowest BCUT2D eigenvalue weighted by atomic mass is 9.91. The standard InChI is InChI=1S/C22H29NO4/c1-4-23(5-2)14-15-27-21-9-7-6-8-18(21)16-20(22(24)25)17-10-12-19(26-3)13-11-17/h6-13,20H,4-5,14-16H2,1-3H3,(H,24,25). The summed E-state index contributed by atoms with van der Waals surface area (Å²) >= 11 is 0. The average Bonchev–Trinajstić information content (AvgIpc) is 2.70. The molecule has 2 rings (SSSR count). The lowest BCUT2D eigenvalue weighted by Crippen LogP contribution is -2.28. The number of hydrogen-bond acceptors (Lipinski definition) is 4. The number of carbonyl (C=O) groups is 1. The Kier molecular flexibility index (Phi) is 8.14. The SMILES string of the molecule is CCN(CC)CCOc1ccccc1CC(C(=O)O)c1ccc(OC)cc1. The Hall–Kier alpha value is -2.53. The van der Waals surface area contributed by atoms with Crippen molar-refractivity contribution >= 4 is 5.97 Å². The van der Waals surface area contributed by atoms with Crippen LogP contribution in [0.2, 0.25) is 0 Å². The molecule has 2 aromatic rings. The summed E-state index contributed by atoms with van der Waals surface area (Å²) in [5, 5.41) is 9.74. The van der Waals surface area contributed by atoms with E-state index in [1.165, 1.54) is 0 Å². The Bertz CT molecular complexity index is 711. The van der Waals surface area contributed by atoms with Gasteiger partial charge in [0.25, 0.3) is 0 Å². The minimum absolute atomic E-state index is 0.378. The Morgan fingerprint density at radius 1 is 1.07 bits per heavy atom. The van der Waals surface area contributed by atoms with E-state index in [1.807, 2.05) is 36.4 Å². The third kappa shape index (κ3) is 6.00. The Labute approximate surface area is 161 Å². The van der Waals surface area contributed by atoms with E-state index < -0.39 is 11.9 Å². The molecule has 2 aromatic carbocycles. The zero-order chi connectivity index (χ0) is 19.6. The first-order valence-corrected chi connectivity index (χ1v) is 9.38. The summed E-state index contributed by atoms with van der Waals surface area (Å²) in [7, 11) is 1.59. The van der Waals surface area contributed by atoms with Crippen molar-refractivity contribution in [1.29, 1.82) is 0 Å². The number of methoxy groups -OCH3 is 1. The fraction of sp³-hybridized carbons (Fsp3) is 0.409. The van der Waals surface area contributed by atoms with Gasteiger partial charge in [0.05, 0.1) is 13.0 Å². The van der Waals surface area contributed by atoms with Crippen LogP contribution in [-0.4, -0.2) is 49.3 Å². The highest BCUT2D eigenvalue weighted by Crippen LogP contribution is 2.28. The summed E-state index contributed by atoms with van der Waals surface area (Å²) < 4.78 is 11.1.